The number of halogens is 2. The Hall–Kier alpha value is -0.240. The van der Waals surface area contributed by atoms with Gasteiger partial charge in [-0.05, 0) is 44.4 Å². The van der Waals surface area contributed by atoms with Gasteiger partial charge in [0.2, 0.25) is 0 Å². The van der Waals surface area contributed by atoms with Crippen LogP contribution in [-0.2, 0) is 6.54 Å². The van der Waals surface area contributed by atoms with Crippen LogP contribution in [0.3, 0.4) is 0 Å². The van der Waals surface area contributed by atoms with Gasteiger partial charge in [-0.3, -0.25) is 4.90 Å². The third-order valence-electron chi connectivity index (χ3n) is 3.73. The van der Waals surface area contributed by atoms with E-state index in [1.807, 2.05) is 12.1 Å². The highest BCUT2D eigenvalue weighted by molar-refractivity contribution is 6.42. The van der Waals surface area contributed by atoms with Gasteiger partial charge in [0.1, 0.15) is 0 Å². The molecule has 17 heavy (non-hydrogen) atoms. The highest BCUT2D eigenvalue weighted by Gasteiger charge is 2.24. The molecule has 2 atom stereocenters. The fourth-order valence-electron chi connectivity index (χ4n) is 2.64. The molecule has 0 aromatic heterocycles. The zero-order valence-corrected chi connectivity index (χ0v) is 11.9. The van der Waals surface area contributed by atoms with Gasteiger partial charge in [-0.25, -0.2) is 0 Å². The van der Waals surface area contributed by atoms with Crippen molar-refractivity contribution in [2.24, 2.45) is 0 Å². The summed E-state index contributed by atoms with van der Waals surface area (Å²) in [6.07, 6.45) is 3.94. The van der Waals surface area contributed by atoms with Crippen LogP contribution in [0, 0.1) is 0 Å². The molecule has 0 spiro atoms. The summed E-state index contributed by atoms with van der Waals surface area (Å²) in [6.45, 7) is 5.60. The molecule has 1 aliphatic rings. The molecule has 1 heterocycles. The Morgan fingerprint density at radius 2 is 1.76 bits per heavy atom. The van der Waals surface area contributed by atoms with Gasteiger partial charge in [-0.15, -0.1) is 0 Å². The molecule has 0 aliphatic carbocycles. The Morgan fingerprint density at radius 1 is 1.12 bits per heavy atom. The maximum atomic E-state index is 6.05. The molecule has 1 saturated heterocycles. The second kappa shape index (κ2) is 5.60. The molecule has 1 fully saturated rings. The number of hydrogen-bond acceptors (Lipinski definition) is 1. The summed E-state index contributed by atoms with van der Waals surface area (Å²) < 4.78 is 0. The number of benzene rings is 1. The number of hydrogen-bond donors (Lipinski definition) is 0. The molecule has 1 aromatic rings. The number of likely N-dealkylation sites (tertiary alicyclic amines) is 1. The van der Waals surface area contributed by atoms with Crippen molar-refractivity contribution >= 4 is 23.2 Å². The normalized spacial score (nSPS) is 26.1. The van der Waals surface area contributed by atoms with Gasteiger partial charge in [0.25, 0.3) is 0 Å². The van der Waals surface area contributed by atoms with Gasteiger partial charge < -0.3 is 0 Å². The zero-order valence-electron chi connectivity index (χ0n) is 10.4. The molecule has 94 valence electrons. The Kier molecular flexibility index (Phi) is 4.35. The Labute approximate surface area is 114 Å². The van der Waals surface area contributed by atoms with Crippen LogP contribution in [0.5, 0.6) is 0 Å². The predicted molar refractivity (Wildman–Crippen MR) is 74.8 cm³/mol. The molecular weight excluding hydrogens is 253 g/mol. The molecule has 0 radical (unpaired) electrons. The lowest BCUT2D eigenvalue weighted by Crippen LogP contribution is -2.42. The van der Waals surface area contributed by atoms with Gasteiger partial charge in [0, 0.05) is 18.6 Å². The summed E-state index contributed by atoms with van der Waals surface area (Å²) in [5, 5.41) is 1.29. The minimum absolute atomic E-state index is 0.634. The van der Waals surface area contributed by atoms with E-state index in [-0.39, 0.29) is 0 Å². The summed E-state index contributed by atoms with van der Waals surface area (Å²) in [6, 6.07) is 7.26. The summed E-state index contributed by atoms with van der Waals surface area (Å²) in [4.78, 5) is 2.56. The van der Waals surface area contributed by atoms with Crippen LogP contribution in [0.4, 0.5) is 0 Å². The van der Waals surface area contributed by atoms with Crippen molar-refractivity contribution in [1.29, 1.82) is 0 Å². The summed E-state index contributed by atoms with van der Waals surface area (Å²) in [5.41, 5.74) is 1.25. The molecule has 1 aromatic carbocycles. The van der Waals surface area contributed by atoms with Crippen molar-refractivity contribution in [1.82, 2.24) is 4.90 Å². The van der Waals surface area contributed by atoms with Crippen molar-refractivity contribution < 1.29 is 0 Å². The van der Waals surface area contributed by atoms with Gasteiger partial charge in [-0.1, -0.05) is 35.7 Å². The van der Waals surface area contributed by atoms with E-state index in [4.69, 9.17) is 23.2 Å². The molecule has 2 unspecified atom stereocenters. The topological polar surface area (TPSA) is 3.24 Å². The average molecular weight is 272 g/mol. The van der Waals surface area contributed by atoms with E-state index >= 15 is 0 Å². The Bertz CT molecular complexity index is 382. The largest absolute Gasteiger partial charge is 0.294 e. The first kappa shape index (κ1) is 13.2. The second-order valence-corrected chi connectivity index (χ2v) is 5.86. The van der Waals surface area contributed by atoms with Crippen molar-refractivity contribution in [3.63, 3.8) is 0 Å². The molecule has 3 heteroatoms. The molecule has 1 nitrogen and oxygen atoms in total. The third-order valence-corrected chi connectivity index (χ3v) is 4.46. The first-order valence-electron chi connectivity index (χ1n) is 6.27. The van der Waals surface area contributed by atoms with E-state index < -0.39 is 0 Å². The molecule has 0 saturated carbocycles. The number of piperidine rings is 1. The zero-order chi connectivity index (χ0) is 12.4. The van der Waals surface area contributed by atoms with E-state index in [2.05, 4.69) is 24.8 Å². The van der Waals surface area contributed by atoms with E-state index in [0.29, 0.717) is 22.1 Å². The maximum Gasteiger partial charge on any atom is 0.0595 e. The molecule has 0 amide bonds. The first-order valence-corrected chi connectivity index (χ1v) is 7.03. The van der Waals surface area contributed by atoms with E-state index in [9.17, 15) is 0 Å². The fourth-order valence-corrected chi connectivity index (χ4v) is 2.96. The Morgan fingerprint density at radius 3 is 2.35 bits per heavy atom. The lowest BCUT2D eigenvalue weighted by Gasteiger charge is -2.39. The minimum atomic E-state index is 0.634. The average Bonchev–Trinajstić information content (AvgIpc) is 2.28. The van der Waals surface area contributed by atoms with Crippen molar-refractivity contribution in [3.05, 3.63) is 33.8 Å². The van der Waals surface area contributed by atoms with Crippen molar-refractivity contribution in [3.8, 4) is 0 Å². The molecule has 0 N–H and O–H groups in total. The monoisotopic (exact) mass is 271 g/mol. The summed E-state index contributed by atoms with van der Waals surface area (Å²) >= 11 is 12.0. The number of nitrogens with zero attached hydrogens (tertiary/aromatic N) is 1. The number of rotatable bonds is 2. The van der Waals surface area contributed by atoms with Crippen LogP contribution in [0.25, 0.3) is 0 Å². The quantitative estimate of drug-likeness (QED) is 0.750. The van der Waals surface area contributed by atoms with Crippen LogP contribution in [0.2, 0.25) is 10.0 Å². The van der Waals surface area contributed by atoms with E-state index in [1.165, 1.54) is 24.8 Å². The maximum absolute atomic E-state index is 6.05. The van der Waals surface area contributed by atoms with E-state index in [0.717, 1.165) is 6.54 Å². The van der Waals surface area contributed by atoms with Gasteiger partial charge in [0.15, 0.2) is 0 Å². The second-order valence-electron chi connectivity index (χ2n) is 5.05. The van der Waals surface area contributed by atoms with Crippen LogP contribution in [-0.4, -0.2) is 17.0 Å². The van der Waals surface area contributed by atoms with Gasteiger partial charge >= 0.3 is 0 Å². The lowest BCUT2D eigenvalue weighted by molar-refractivity contribution is 0.0953. The Balaban J connectivity index is 2.10. The van der Waals surface area contributed by atoms with Crippen molar-refractivity contribution in [2.45, 2.75) is 51.7 Å². The van der Waals surface area contributed by atoms with Gasteiger partial charge in [0.05, 0.1) is 10.0 Å². The fraction of sp³-hybridized carbons (Fsp3) is 0.571. The van der Waals surface area contributed by atoms with Crippen LogP contribution in [0.1, 0.15) is 38.7 Å². The first-order chi connectivity index (χ1) is 8.08. The molecule has 2 rings (SSSR count). The van der Waals surface area contributed by atoms with Crippen LogP contribution >= 0.6 is 23.2 Å². The molecule has 1 aliphatic heterocycles. The van der Waals surface area contributed by atoms with Gasteiger partial charge in [-0.2, -0.15) is 0 Å². The standard InChI is InChI=1S/C14H19Cl2N/c1-10-4-3-5-11(2)17(10)9-12-6-7-13(15)14(16)8-12/h6-8,10-11H,3-5,9H2,1-2H3. The molecular formula is C14H19Cl2N. The highest BCUT2D eigenvalue weighted by atomic mass is 35.5. The SMILES string of the molecule is CC1CCCC(C)N1Cc1ccc(Cl)c(Cl)c1. The smallest absolute Gasteiger partial charge is 0.0595 e. The summed E-state index contributed by atoms with van der Waals surface area (Å²) in [5.74, 6) is 0. The van der Waals surface area contributed by atoms with Crippen LogP contribution < -0.4 is 0 Å². The molecule has 0 bridgehead atoms. The predicted octanol–water partition coefficient (Wildman–Crippen LogP) is 4.76. The summed E-state index contributed by atoms with van der Waals surface area (Å²) in [7, 11) is 0. The third kappa shape index (κ3) is 3.15. The van der Waals surface area contributed by atoms with Crippen LogP contribution in [0.15, 0.2) is 18.2 Å². The highest BCUT2D eigenvalue weighted by Crippen LogP contribution is 2.27. The van der Waals surface area contributed by atoms with Crippen molar-refractivity contribution in [2.75, 3.05) is 0 Å². The lowest BCUT2D eigenvalue weighted by atomic mass is 9.97. The van der Waals surface area contributed by atoms with E-state index in [1.54, 1.807) is 0 Å². The minimum Gasteiger partial charge on any atom is -0.294 e.